The highest BCUT2D eigenvalue weighted by Gasteiger charge is 2.51. The summed E-state index contributed by atoms with van der Waals surface area (Å²) in [5.74, 6) is 0. The summed E-state index contributed by atoms with van der Waals surface area (Å²) in [5, 5.41) is 28.8. The molecule has 4 N–H and O–H groups in total. The molecule has 2 fully saturated rings. The summed E-state index contributed by atoms with van der Waals surface area (Å²) in [4.78, 5) is 1.17. The summed E-state index contributed by atoms with van der Waals surface area (Å²) in [6, 6.07) is 0.277. The van der Waals surface area contributed by atoms with E-state index in [1.165, 1.54) is 4.90 Å². The van der Waals surface area contributed by atoms with Gasteiger partial charge in [-0.15, -0.1) is 0 Å². The first-order valence-corrected chi connectivity index (χ1v) is 5.01. The Bertz CT molecular complexity index is 199. The maximum atomic E-state index is 9.69. The lowest BCUT2D eigenvalue weighted by Crippen LogP contribution is -3.20. The van der Waals surface area contributed by atoms with Crippen molar-refractivity contribution in [1.82, 2.24) is 0 Å². The molecule has 6 atom stereocenters. The van der Waals surface area contributed by atoms with E-state index in [-0.39, 0.29) is 6.04 Å². The first-order valence-electron chi connectivity index (χ1n) is 5.01. The molecule has 0 bridgehead atoms. The molecule has 2 rings (SSSR count). The Morgan fingerprint density at radius 3 is 2.38 bits per heavy atom. The van der Waals surface area contributed by atoms with Crippen molar-refractivity contribution in [1.29, 1.82) is 0 Å². The first-order chi connectivity index (χ1) is 6.11. The number of nitrogens with one attached hydrogen (secondary N) is 1. The number of aliphatic hydroxyl groups is 3. The van der Waals surface area contributed by atoms with Gasteiger partial charge in [0, 0.05) is 6.42 Å². The van der Waals surface area contributed by atoms with Gasteiger partial charge >= 0.3 is 0 Å². The van der Waals surface area contributed by atoms with Gasteiger partial charge in [0.1, 0.15) is 30.9 Å². The normalized spacial score (nSPS) is 56.3. The molecule has 4 unspecified atom stereocenters. The molecule has 2 aliphatic heterocycles. The predicted molar refractivity (Wildman–Crippen MR) is 46.3 cm³/mol. The van der Waals surface area contributed by atoms with E-state index in [1.54, 1.807) is 0 Å². The fraction of sp³-hybridized carbons (Fsp3) is 1.00. The third kappa shape index (κ3) is 1.38. The second-order valence-electron chi connectivity index (χ2n) is 4.41. The van der Waals surface area contributed by atoms with E-state index >= 15 is 0 Å². The van der Waals surface area contributed by atoms with Crippen LogP contribution < -0.4 is 4.90 Å². The average Bonchev–Trinajstić information content (AvgIpc) is 2.38. The van der Waals surface area contributed by atoms with Crippen molar-refractivity contribution >= 4 is 0 Å². The van der Waals surface area contributed by atoms with E-state index in [9.17, 15) is 15.3 Å². The molecule has 0 aromatic heterocycles. The van der Waals surface area contributed by atoms with E-state index in [0.717, 1.165) is 12.8 Å². The third-order valence-corrected chi connectivity index (χ3v) is 3.58. The summed E-state index contributed by atoms with van der Waals surface area (Å²) >= 11 is 0. The van der Waals surface area contributed by atoms with Crippen LogP contribution in [-0.4, -0.2) is 52.3 Å². The smallest absolute Gasteiger partial charge is 0.143 e. The van der Waals surface area contributed by atoms with Crippen LogP contribution in [0.3, 0.4) is 0 Å². The van der Waals surface area contributed by atoms with E-state index in [0.29, 0.717) is 12.6 Å². The zero-order chi connectivity index (χ0) is 9.59. The fourth-order valence-electron chi connectivity index (χ4n) is 2.75. The van der Waals surface area contributed by atoms with Gasteiger partial charge in [-0.1, -0.05) is 0 Å². The summed E-state index contributed by atoms with van der Waals surface area (Å²) < 4.78 is 0. The van der Waals surface area contributed by atoms with Crippen molar-refractivity contribution in [3.8, 4) is 0 Å². The van der Waals surface area contributed by atoms with Gasteiger partial charge < -0.3 is 20.2 Å². The molecule has 0 amide bonds. The van der Waals surface area contributed by atoms with Crippen LogP contribution in [0.2, 0.25) is 0 Å². The highest BCUT2D eigenvalue weighted by molar-refractivity contribution is 4.89. The van der Waals surface area contributed by atoms with Gasteiger partial charge in [0.05, 0.1) is 6.04 Å². The number of fused-ring (bicyclic) bond motifs is 1. The topological polar surface area (TPSA) is 65.1 Å². The monoisotopic (exact) mass is 188 g/mol. The van der Waals surface area contributed by atoms with Crippen molar-refractivity contribution in [3.05, 3.63) is 0 Å². The summed E-state index contributed by atoms with van der Waals surface area (Å²) in [7, 11) is 0. The minimum Gasteiger partial charge on any atom is -0.387 e. The maximum absolute atomic E-state index is 9.69. The van der Waals surface area contributed by atoms with Gasteiger partial charge in [-0.25, -0.2) is 0 Å². The molecule has 0 spiro atoms. The number of hydrogen-bond donors (Lipinski definition) is 4. The van der Waals surface area contributed by atoms with Gasteiger partial charge in [-0.3, -0.25) is 0 Å². The lowest BCUT2D eigenvalue weighted by Gasteiger charge is -2.36. The molecule has 0 aromatic carbocycles. The molecule has 13 heavy (non-hydrogen) atoms. The number of piperidine rings is 1. The molecule has 0 saturated carbocycles. The van der Waals surface area contributed by atoms with Crippen molar-refractivity contribution < 1.29 is 20.2 Å². The van der Waals surface area contributed by atoms with Crippen molar-refractivity contribution in [2.45, 2.75) is 50.2 Å². The standard InChI is InChI=1S/C9H17NO3/c1-5-2-3-6(11)8-9(13)7(12)4-10(5)8/h5-9,11-13H,2-4H2,1H3/p+1/t5?,6?,7-,8-,9?/m0/s1. The molecule has 0 radical (unpaired) electrons. The van der Waals surface area contributed by atoms with Gasteiger partial charge in [0.2, 0.25) is 0 Å². The number of quaternary nitrogens is 1. The average molecular weight is 188 g/mol. The molecule has 0 aliphatic carbocycles. The summed E-state index contributed by atoms with van der Waals surface area (Å²) in [6.45, 7) is 2.68. The van der Waals surface area contributed by atoms with Crippen LogP contribution in [-0.2, 0) is 0 Å². The van der Waals surface area contributed by atoms with E-state index < -0.39 is 18.3 Å². The fourth-order valence-corrected chi connectivity index (χ4v) is 2.75. The molecular formula is C9H18NO3+. The summed E-state index contributed by atoms with van der Waals surface area (Å²) in [5.41, 5.74) is 0. The minimum atomic E-state index is -0.743. The minimum absolute atomic E-state index is 0.168. The van der Waals surface area contributed by atoms with Crippen molar-refractivity contribution in [2.24, 2.45) is 0 Å². The Morgan fingerprint density at radius 2 is 1.77 bits per heavy atom. The van der Waals surface area contributed by atoms with Crippen LogP contribution in [0.5, 0.6) is 0 Å². The zero-order valence-electron chi connectivity index (χ0n) is 7.85. The highest BCUT2D eigenvalue weighted by atomic mass is 16.3. The van der Waals surface area contributed by atoms with Gasteiger partial charge in [-0.2, -0.15) is 0 Å². The number of hydrogen-bond acceptors (Lipinski definition) is 3. The SMILES string of the molecule is CC1CCC(O)[C@H]2C(O)[C@@H](O)C[NH+]12. The van der Waals surface area contributed by atoms with Crippen LogP contribution in [0.15, 0.2) is 0 Å². The van der Waals surface area contributed by atoms with Crippen LogP contribution >= 0.6 is 0 Å². The zero-order valence-corrected chi connectivity index (χ0v) is 7.85. The molecule has 2 aliphatic rings. The Hall–Kier alpha value is -0.160. The Balaban J connectivity index is 2.17. The second kappa shape index (κ2) is 3.20. The van der Waals surface area contributed by atoms with Gasteiger partial charge in [-0.05, 0) is 13.3 Å². The molecule has 2 saturated heterocycles. The van der Waals surface area contributed by atoms with Gasteiger partial charge in [0.15, 0.2) is 0 Å². The lowest BCUT2D eigenvalue weighted by molar-refractivity contribution is -0.946. The van der Waals surface area contributed by atoms with Gasteiger partial charge in [0.25, 0.3) is 0 Å². The highest BCUT2D eigenvalue weighted by Crippen LogP contribution is 2.17. The molecule has 0 aromatic rings. The maximum Gasteiger partial charge on any atom is 0.143 e. The quantitative estimate of drug-likeness (QED) is 0.340. The van der Waals surface area contributed by atoms with Crippen LogP contribution in [0.25, 0.3) is 0 Å². The Kier molecular flexibility index (Phi) is 2.32. The molecular weight excluding hydrogens is 170 g/mol. The van der Waals surface area contributed by atoms with Crippen LogP contribution in [0.1, 0.15) is 19.8 Å². The molecule has 76 valence electrons. The number of rotatable bonds is 0. The molecule has 2 heterocycles. The lowest BCUT2D eigenvalue weighted by atomic mass is 9.93. The van der Waals surface area contributed by atoms with E-state index in [4.69, 9.17) is 0 Å². The first kappa shape index (κ1) is 9.40. The third-order valence-electron chi connectivity index (χ3n) is 3.58. The molecule has 4 nitrogen and oxygen atoms in total. The van der Waals surface area contributed by atoms with Crippen LogP contribution in [0.4, 0.5) is 0 Å². The molecule has 4 heteroatoms. The van der Waals surface area contributed by atoms with Crippen molar-refractivity contribution in [2.75, 3.05) is 6.54 Å². The Morgan fingerprint density at radius 1 is 1.08 bits per heavy atom. The largest absolute Gasteiger partial charge is 0.387 e. The van der Waals surface area contributed by atoms with E-state index in [1.807, 2.05) is 0 Å². The predicted octanol–water partition coefficient (Wildman–Crippen LogP) is -2.48. The van der Waals surface area contributed by atoms with Crippen LogP contribution in [0, 0.1) is 0 Å². The summed E-state index contributed by atoms with van der Waals surface area (Å²) in [6.07, 6.45) is -0.118. The van der Waals surface area contributed by atoms with Crippen molar-refractivity contribution in [3.63, 3.8) is 0 Å². The Labute approximate surface area is 77.8 Å². The second-order valence-corrected chi connectivity index (χ2v) is 4.41. The number of aliphatic hydroxyl groups excluding tert-OH is 3. The van der Waals surface area contributed by atoms with E-state index in [2.05, 4.69) is 6.92 Å².